The van der Waals surface area contributed by atoms with Gasteiger partial charge in [-0.2, -0.15) is 0 Å². The quantitative estimate of drug-likeness (QED) is 0.839. The lowest BCUT2D eigenvalue weighted by atomic mass is 10.1. The van der Waals surface area contributed by atoms with Gasteiger partial charge in [0, 0.05) is 24.2 Å². The summed E-state index contributed by atoms with van der Waals surface area (Å²) in [6.45, 7) is 3.40. The molecule has 2 aromatic heterocycles. The minimum absolute atomic E-state index is 0. The first-order chi connectivity index (χ1) is 10.7. The van der Waals surface area contributed by atoms with Gasteiger partial charge in [0.2, 0.25) is 0 Å². The number of nitrogens with two attached hydrogens (primary N) is 1. The number of nitrogens with zero attached hydrogens (tertiary/aromatic N) is 3. The van der Waals surface area contributed by atoms with Crippen molar-refractivity contribution in [1.82, 2.24) is 14.9 Å². The molecule has 3 rings (SSSR count). The van der Waals surface area contributed by atoms with E-state index in [1.54, 1.807) is 11.6 Å². The van der Waals surface area contributed by atoms with E-state index in [-0.39, 0.29) is 36.8 Å². The average molecular weight is 390 g/mol. The Balaban J connectivity index is 0.00000144. The van der Waals surface area contributed by atoms with Gasteiger partial charge < -0.3 is 16.0 Å². The minimum Gasteiger partial charge on any atom is -0.334 e. The van der Waals surface area contributed by atoms with E-state index in [9.17, 15) is 4.79 Å². The predicted molar refractivity (Wildman–Crippen MR) is 102 cm³/mol. The van der Waals surface area contributed by atoms with E-state index in [0.717, 1.165) is 13.0 Å². The zero-order chi connectivity index (χ0) is 15.5. The fourth-order valence-electron chi connectivity index (χ4n) is 2.72. The highest BCUT2D eigenvalue weighted by Gasteiger charge is 2.33. The van der Waals surface area contributed by atoms with E-state index in [1.807, 2.05) is 23.1 Å². The number of hydrogen-bond acceptors (Lipinski definition) is 6. The van der Waals surface area contributed by atoms with Gasteiger partial charge in [-0.05, 0) is 37.9 Å². The number of hydrogen-bond donors (Lipinski definition) is 2. The van der Waals surface area contributed by atoms with Gasteiger partial charge in [-0.1, -0.05) is 6.07 Å². The lowest BCUT2D eigenvalue weighted by Crippen LogP contribution is -2.34. The van der Waals surface area contributed by atoms with Crippen molar-refractivity contribution < 1.29 is 4.79 Å². The van der Waals surface area contributed by atoms with Crippen molar-refractivity contribution in [3.63, 3.8) is 0 Å². The molecule has 0 spiro atoms. The van der Waals surface area contributed by atoms with E-state index < -0.39 is 0 Å². The van der Waals surface area contributed by atoms with Crippen LogP contribution in [0.25, 0.3) is 0 Å². The highest BCUT2D eigenvalue weighted by molar-refractivity contribution is 7.14. The maximum atomic E-state index is 12.6. The van der Waals surface area contributed by atoms with E-state index in [0.29, 0.717) is 29.1 Å². The molecule has 0 aromatic carbocycles. The molecule has 9 heteroatoms. The number of rotatable bonds is 4. The van der Waals surface area contributed by atoms with E-state index in [4.69, 9.17) is 5.73 Å². The molecule has 0 saturated carbocycles. The van der Waals surface area contributed by atoms with E-state index in [1.165, 1.54) is 11.3 Å². The predicted octanol–water partition coefficient (Wildman–Crippen LogP) is 2.93. The summed E-state index contributed by atoms with van der Waals surface area (Å²) in [7, 11) is 0. The molecule has 3 N–H and O–H groups in total. The van der Waals surface area contributed by atoms with Gasteiger partial charge in [0.15, 0.2) is 5.13 Å². The summed E-state index contributed by atoms with van der Waals surface area (Å²) in [6, 6.07) is 5.82. The maximum absolute atomic E-state index is 12.6. The lowest BCUT2D eigenvalue weighted by Gasteiger charge is -2.20. The van der Waals surface area contributed by atoms with E-state index in [2.05, 4.69) is 22.2 Å². The van der Waals surface area contributed by atoms with Crippen molar-refractivity contribution in [2.75, 3.05) is 18.4 Å². The van der Waals surface area contributed by atoms with Crippen molar-refractivity contribution in [3.8, 4) is 0 Å². The van der Waals surface area contributed by atoms with Gasteiger partial charge in [0.1, 0.15) is 11.5 Å². The average Bonchev–Trinajstić information content (AvgIpc) is 3.14. The highest BCUT2D eigenvalue weighted by atomic mass is 35.5. The van der Waals surface area contributed by atoms with Crippen molar-refractivity contribution in [2.45, 2.75) is 19.4 Å². The number of carbonyl (C=O) groups excluding carboxylic acids is 1. The normalized spacial score (nSPS) is 19.3. The monoisotopic (exact) mass is 389 g/mol. The number of nitrogens with one attached hydrogen (secondary N) is 1. The molecule has 132 valence electrons. The Kier molecular flexibility index (Phi) is 7.89. The fraction of sp³-hybridized carbons (Fsp3) is 0.400. The molecule has 1 amide bonds. The zero-order valence-electron chi connectivity index (χ0n) is 13.2. The Morgan fingerprint density at radius 1 is 1.46 bits per heavy atom. The molecule has 2 atom stereocenters. The number of halogens is 2. The summed E-state index contributed by atoms with van der Waals surface area (Å²) < 4.78 is 0. The second-order valence-electron chi connectivity index (χ2n) is 5.52. The summed E-state index contributed by atoms with van der Waals surface area (Å²) in [5, 5.41) is 5.56. The molecular formula is C15H21Cl2N5OS. The topological polar surface area (TPSA) is 84.1 Å². The zero-order valence-corrected chi connectivity index (χ0v) is 15.7. The molecule has 3 heterocycles. The Labute approximate surface area is 157 Å². The summed E-state index contributed by atoms with van der Waals surface area (Å²) >= 11 is 1.40. The summed E-state index contributed by atoms with van der Waals surface area (Å²) in [5.41, 5.74) is 6.20. The minimum atomic E-state index is -0.0197. The Morgan fingerprint density at radius 3 is 2.88 bits per heavy atom. The van der Waals surface area contributed by atoms with Gasteiger partial charge >= 0.3 is 0 Å². The van der Waals surface area contributed by atoms with Crippen LogP contribution < -0.4 is 11.1 Å². The number of amides is 1. The van der Waals surface area contributed by atoms with Gasteiger partial charge in [0.05, 0.1) is 0 Å². The van der Waals surface area contributed by atoms with Crippen LogP contribution in [0.4, 0.5) is 10.9 Å². The van der Waals surface area contributed by atoms with Gasteiger partial charge in [-0.25, -0.2) is 9.97 Å². The third-order valence-corrected chi connectivity index (χ3v) is 4.64. The van der Waals surface area contributed by atoms with Crippen LogP contribution in [0.5, 0.6) is 0 Å². The second kappa shape index (κ2) is 9.17. The maximum Gasteiger partial charge on any atom is 0.273 e. The van der Waals surface area contributed by atoms with Crippen LogP contribution in [0.3, 0.4) is 0 Å². The first-order valence-corrected chi connectivity index (χ1v) is 8.20. The number of carbonyl (C=O) groups is 1. The molecule has 1 saturated heterocycles. The van der Waals surface area contributed by atoms with Crippen LogP contribution in [0.1, 0.15) is 23.8 Å². The molecular weight excluding hydrogens is 369 g/mol. The van der Waals surface area contributed by atoms with Crippen LogP contribution in [-0.4, -0.2) is 39.9 Å². The molecule has 0 radical (unpaired) electrons. The molecule has 1 fully saturated rings. The van der Waals surface area contributed by atoms with Crippen molar-refractivity contribution >= 4 is 53.0 Å². The molecule has 1 aliphatic heterocycles. The standard InChI is InChI=1S/C15H19N5OS.2ClH/c1-10-6-11(7-16)8-20(10)14(21)12-9-22-15(18-12)19-13-4-2-3-5-17-13;;/h2-5,9-11H,6-8,16H2,1H3,(H,17,18,19);2*1H. The lowest BCUT2D eigenvalue weighted by molar-refractivity contribution is 0.0738. The molecule has 24 heavy (non-hydrogen) atoms. The molecule has 1 aliphatic rings. The van der Waals surface area contributed by atoms with Gasteiger partial charge in [0.25, 0.3) is 5.91 Å². The van der Waals surface area contributed by atoms with Crippen LogP contribution in [0, 0.1) is 5.92 Å². The third kappa shape index (κ3) is 4.57. The third-order valence-electron chi connectivity index (χ3n) is 3.88. The first kappa shape index (κ1) is 20.6. The number of thiazole rings is 1. The Hall–Kier alpha value is -1.41. The molecule has 0 aliphatic carbocycles. The van der Waals surface area contributed by atoms with Crippen LogP contribution >= 0.6 is 36.2 Å². The van der Waals surface area contributed by atoms with Crippen LogP contribution in [0.2, 0.25) is 0 Å². The van der Waals surface area contributed by atoms with Crippen molar-refractivity contribution in [1.29, 1.82) is 0 Å². The largest absolute Gasteiger partial charge is 0.334 e. The molecule has 2 aromatic rings. The SMILES string of the molecule is CC1CC(CN)CN1C(=O)c1csc(Nc2ccccn2)n1.Cl.Cl. The number of aromatic nitrogens is 2. The Morgan fingerprint density at radius 2 is 2.25 bits per heavy atom. The van der Waals surface area contributed by atoms with Crippen LogP contribution in [0.15, 0.2) is 29.8 Å². The first-order valence-electron chi connectivity index (χ1n) is 7.32. The number of pyridine rings is 1. The molecule has 6 nitrogen and oxygen atoms in total. The molecule has 2 unspecified atom stereocenters. The van der Waals surface area contributed by atoms with Crippen LogP contribution in [-0.2, 0) is 0 Å². The summed E-state index contributed by atoms with van der Waals surface area (Å²) in [5.74, 6) is 1.09. The van der Waals surface area contributed by atoms with E-state index >= 15 is 0 Å². The highest BCUT2D eigenvalue weighted by Crippen LogP contribution is 2.26. The van der Waals surface area contributed by atoms with Gasteiger partial charge in [-0.15, -0.1) is 36.2 Å². The number of anilines is 2. The smallest absolute Gasteiger partial charge is 0.273 e. The number of likely N-dealkylation sites (tertiary alicyclic amines) is 1. The second-order valence-corrected chi connectivity index (χ2v) is 6.38. The van der Waals surface area contributed by atoms with Gasteiger partial charge in [-0.3, -0.25) is 4.79 Å². The fourth-order valence-corrected chi connectivity index (χ4v) is 3.41. The summed E-state index contributed by atoms with van der Waals surface area (Å²) in [6.07, 6.45) is 2.67. The Bertz CT molecular complexity index is 654. The molecule has 0 bridgehead atoms. The summed E-state index contributed by atoms with van der Waals surface area (Å²) in [4.78, 5) is 23.0. The van der Waals surface area contributed by atoms with Crippen molar-refractivity contribution in [3.05, 3.63) is 35.5 Å². The van der Waals surface area contributed by atoms with Crippen molar-refractivity contribution in [2.24, 2.45) is 11.7 Å².